The van der Waals surface area contributed by atoms with Crippen molar-refractivity contribution in [1.29, 1.82) is 0 Å². The number of para-hydroxylation sites is 2. The van der Waals surface area contributed by atoms with Crippen molar-refractivity contribution < 1.29 is 33.6 Å². The van der Waals surface area contributed by atoms with Crippen LogP contribution in [0.25, 0.3) is 0 Å². The Hall–Kier alpha value is -8.21. The molecule has 5 amide bonds. The zero-order valence-electron chi connectivity index (χ0n) is 42.8. The molecule has 15 nitrogen and oxygen atoms in total. The SMILES string of the molecule is C=C/C1=C(\C=C/C)CN(C(=O)CCC)c2ccccc2C#C1.C=O.CNCCNC(=O)c1cc(C)cc(C(=O)NCCN)c1.CNCCNC=O.O=CCCC(=O)N1Cc2ccccc2C#Cc2ccccc21. The van der Waals surface area contributed by atoms with Crippen LogP contribution in [-0.4, -0.2) is 103 Å². The first-order chi connectivity index (χ1) is 35.5. The zero-order chi connectivity index (χ0) is 53.8. The lowest BCUT2D eigenvalue weighted by Gasteiger charge is -2.26. The smallest absolute Gasteiger partial charge is 0.251 e. The quantitative estimate of drug-likeness (QED) is 0.0416. The van der Waals surface area contributed by atoms with Gasteiger partial charge in [-0.25, -0.2) is 0 Å². The Labute approximate surface area is 431 Å². The fourth-order valence-electron chi connectivity index (χ4n) is 6.98. The van der Waals surface area contributed by atoms with E-state index in [0.717, 1.165) is 69.6 Å². The molecule has 0 bridgehead atoms. The van der Waals surface area contributed by atoms with Crippen LogP contribution in [0.2, 0.25) is 0 Å². The van der Waals surface area contributed by atoms with Crippen LogP contribution in [0.5, 0.6) is 0 Å². The molecule has 384 valence electrons. The van der Waals surface area contributed by atoms with Gasteiger partial charge < -0.3 is 51.7 Å². The monoisotopic (exact) mass is 991 g/mol. The van der Waals surface area contributed by atoms with E-state index in [1.54, 1.807) is 29.2 Å². The number of carbonyl (C=O) groups excluding carboxylic acids is 7. The van der Waals surface area contributed by atoms with Gasteiger partial charge in [0.05, 0.1) is 24.5 Å². The summed E-state index contributed by atoms with van der Waals surface area (Å²) in [4.78, 5) is 80.6. The van der Waals surface area contributed by atoms with Gasteiger partial charge in [0.15, 0.2) is 0 Å². The summed E-state index contributed by atoms with van der Waals surface area (Å²) < 4.78 is 0. The van der Waals surface area contributed by atoms with Gasteiger partial charge in [-0.1, -0.05) is 97.9 Å². The van der Waals surface area contributed by atoms with Gasteiger partial charge in [0.2, 0.25) is 18.2 Å². The number of anilines is 2. The number of hydrogen-bond donors (Lipinski definition) is 6. The molecule has 0 fully saturated rings. The number of fused-ring (bicyclic) bond motifs is 3. The van der Waals surface area contributed by atoms with E-state index in [2.05, 4.69) is 56.8 Å². The van der Waals surface area contributed by atoms with Crippen molar-refractivity contribution in [3.63, 3.8) is 0 Å². The molecule has 0 radical (unpaired) electrons. The highest BCUT2D eigenvalue weighted by Crippen LogP contribution is 2.27. The lowest BCUT2D eigenvalue weighted by molar-refractivity contribution is -0.120. The van der Waals surface area contributed by atoms with E-state index in [0.29, 0.717) is 69.8 Å². The number of aldehydes is 1. The van der Waals surface area contributed by atoms with E-state index in [1.165, 1.54) is 0 Å². The van der Waals surface area contributed by atoms with Crippen molar-refractivity contribution in [3.8, 4) is 23.7 Å². The van der Waals surface area contributed by atoms with Crippen molar-refractivity contribution in [3.05, 3.63) is 166 Å². The minimum Gasteiger partial charge on any atom is -0.357 e. The fraction of sp³-hybridized carbons (Fsp3) is 0.293. The Morgan fingerprint density at radius 3 is 1.75 bits per heavy atom. The van der Waals surface area contributed by atoms with Gasteiger partial charge in [-0.15, -0.1) is 0 Å². The molecule has 0 unspecified atom stereocenters. The van der Waals surface area contributed by atoms with Crippen molar-refractivity contribution >= 4 is 54.5 Å². The molecule has 0 spiro atoms. The van der Waals surface area contributed by atoms with Gasteiger partial charge in [0.25, 0.3) is 11.8 Å². The number of aryl methyl sites for hydroxylation is 1. The lowest BCUT2D eigenvalue weighted by Crippen LogP contribution is -2.33. The van der Waals surface area contributed by atoms with Crippen LogP contribution in [0.3, 0.4) is 0 Å². The molecule has 2 heterocycles. The third-order valence-corrected chi connectivity index (χ3v) is 10.5. The van der Waals surface area contributed by atoms with Crippen LogP contribution in [-0.2, 0) is 30.5 Å². The standard InChI is InChI=1S/C20H21NO.C19H15NO2.C14H22N4O2.C4H10N2O.CH2O/c1-4-9-18-15-21(20(22)10-5-2)19-12-8-7-11-17(19)14-13-16(18)6-3;21-13-5-10-19(22)20-14-17-8-2-1-6-15(17)11-12-16-7-3-4-9-18(16)20;1-10-7-11(13(19)17-4-3-15)9-12(8-10)14(20)18-6-5-16-2;1-5-2-3-6-4-7;1-2/h4,6-9,11-12H,3,5,10,15H2,1-2H3;1-4,6-9,13H,5,10,14H2;7-9,16H,3-6,15H2,1-2H3,(H,17,19)(H,18,20);4-5H,2-3H2,1H3,(H,6,7);1H2/b9-4-,18-16-;;;;. The van der Waals surface area contributed by atoms with E-state index in [1.807, 2.05) is 132 Å². The largest absolute Gasteiger partial charge is 0.357 e. The summed E-state index contributed by atoms with van der Waals surface area (Å²) in [6.07, 6.45) is 9.03. The van der Waals surface area contributed by atoms with E-state index < -0.39 is 0 Å². The number of likely N-dealkylation sites (N-methyl/N-ethyl adjacent to an activating group) is 2. The Morgan fingerprint density at radius 1 is 0.685 bits per heavy atom. The van der Waals surface area contributed by atoms with Gasteiger partial charge in [-0.05, 0) is 99.6 Å². The minimum atomic E-state index is -0.219. The Kier molecular flexibility index (Phi) is 29.9. The maximum atomic E-state index is 12.6. The van der Waals surface area contributed by atoms with Crippen molar-refractivity contribution in [2.45, 2.75) is 53.0 Å². The summed E-state index contributed by atoms with van der Waals surface area (Å²) in [6.45, 7) is 16.3. The molecule has 0 atom stereocenters. The fourth-order valence-corrected chi connectivity index (χ4v) is 6.98. The molecular weight excluding hydrogens is 921 g/mol. The maximum Gasteiger partial charge on any atom is 0.251 e. The highest BCUT2D eigenvalue weighted by atomic mass is 16.2. The number of benzene rings is 4. The number of carbonyl (C=O) groups is 7. The van der Waals surface area contributed by atoms with E-state index >= 15 is 0 Å². The van der Waals surface area contributed by atoms with Gasteiger partial charge in [-0.3, -0.25) is 24.0 Å². The zero-order valence-corrected chi connectivity index (χ0v) is 42.8. The first-order valence-electron chi connectivity index (χ1n) is 24.0. The van der Waals surface area contributed by atoms with Crippen LogP contribution in [0, 0.1) is 30.6 Å². The van der Waals surface area contributed by atoms with Crippen LogP contribution in [0.1, 0.15) is 88.1 Å². The Balaban J connectivity index is 0.000000346. The molecule has 73 heavy (non-hydrogen) atoms. The Morgan fingerprint density at radius 2 is 1.21 bits per heavy atom. The summed E-state index contributed by atoms with van der Waals surface area (Å²) >= 11 is 0. The summed E-state index contributed by atoms with van der Waals surface area (Å²) in [5, 5.41) is 13.8. The third-order valence-electron chi connectivity index (χ3n) is 10.5. The van der Waals surface area contributed by atoms with Crippen LogP contribution in [0.4, 0.5) is 11.4 Å². The first kappa shape index (κ1) is 60.9. The maximum absolute atomic E-state index is 12.6. The third kappa shape index (κ3) is 21.0. The van der Waals surface area contributed by atoms with Crippen molar-refractivity contribution in [2.75, 3.05) is 69.7 Å². The molecule has 0 saturated carbocycles. The van der Waals surface area contributed by atoms with Gasteiger partial charge >= 0.3 is 0 Å². The molecule has 2 aliphatic heterocycles. The normalized spacial score (nSPS) is 12.5. The number of hydrogen-bond acceptors (Lipinski definition) is 10. The summed E-state index contributed by atoms with van der Waals surface area (Å²) in [7, 11) is 3.66. The predicted molar refractivity (Wildman–Crippen MR) is 292 cm³/mol. The van der Waals surface area contributed by atoms with Crippen LogP contribution >= 0.6 is 0 Å². The minimum absolute atomic E-state index is 0.0574. The van der Waals surface area contributed by atoms with Gasteiger partial charge in [0.1, 0.15) is 13.1 Å². The van der Waals surface area contributed by atoms with E-state index in [4.69, 9.17) is 10.5 Å². The highest BCUT2D eigenvalue weighted by molar-refractivity contribution is 6.00. The molecule has 7 N–H and O–H groups in total. The van der Waals surface area contributed by atoms with Gasteiger partial charge in [0, 0.05) is 91.9 Å². The second kappa shape index (κ2) is 35.8. The van der Waals surface area contributed by atoms with Crippen LogP contribution in [0.15, 0.2) is 127 Å². The summed E-state index contributed by atoms with van der Waals surface area (Å²) in [5.74, 6) is 12.3. The van der Waals surface area contributed by atoms with Crippen molar-refractivity contribution in [2.24, 2.45) is 5.73 Å². The number of nitrogens with two attached hydrogens (primary N) is 1. The molecule has 6 rings (SSSR count). The van der Waals surface area contributed by atoms with E-state index in [-0.39, 0.29) is 36.5 Å². The second-order valence-electron chi connectivity index (χ2n) is 15.9. The number of rotatable bonds is 18. The average molecular weight is 991 g/mol. The van der Waals surface area contributed by atoms with Crippen LogP contribution < -0.4 is 42.1 Å². The average Bonchev–Trinajstić information content (AvgIpc) is 3.40. The number of allylic oxidation sites excluding steroid dienone is 3. The Bertz CT molecular complexity index is 2650. The number of amides is 5. The molecule has 2 aliphatic rings. The molecule has 4 aromatic rings. The second-order valence-corrected chi connectivity index (χ2v) is 15.9. The molecule has 0 saturated heterocycles. The lowest BCUT2D eigenvalue weighted by atomic mass is 10.0. The van der Waals surface area contributed by atoms with Crippen molar-refractivity contribution in [1.82, 2.24) is 26.6 Å². The summed E-state index contributed by atoms with van der Waals surface area (Å²) in [6, 6.07) is 28.4. The molecule has 0 aromatic heterocycles. The highest BCUT2D eigenvalue weighted by Gasteiger charge is 2.22. The topological polar surface area (TPSA) is 212 Å². The molecular formula is C58H70N8O7. The number of nitrogens with zero attached hydrogens (tertiary/aromatic N) is 2. The molecule has 0 aliphatic carbocycles. The number of nitrogens with one attached hydrogen (secondary N) is 5. The predicted octanol–water partition coefficient (Wildman–Crippen LogP) is 5.56. The molecule has 15 heteroatoms. The van der Waals surface area contributed by atoms with Gasteiger partial charge in [-0.2, -0.15) is 0 Å². The summed E-state index contributed by atoms with van der Waals surface area (Å²) in [5.41, 5.74) is 14.4. The first-order valence-corrected chi connectivity index (χ1v) is 24.0. The molecule has 4 aromatic carbocycles. The van der Waals surface area contributed by atoms with E-state index in [9.17, 15) is 28.8 Å².